The minimum absolute atomic E-state index is 0.0763. The van der Waals surface area contributed by atoms with Crippen molar-refractivity contribution < 1.29 is 8.78 Å². The van der Waals surface area contributed by atoms with Crippen LogP contribution in [0.25, 0.3) is 10.9 Å². The van der Waals surface area contributed by atoms with Crippen molar-refractivity contribution in [3.8, 4) is 0 Å². The van der Waals surface area contributed by atoms with Gasteiger partial charge in [-0.1, -0.05) is 0 Å². The quantitative estimate of drug-likeness (QED) is 0.921. The Morgan fingerprint density at radius 1 is 1.26 bits per heavy atom. The van der Waals surface area contributed by atoms with Crippen molar-refractivity contribution in [2.45, 2.75) is 6.92 Å². The lowest BCUT2D eigenvalue weighted by Gasteiger charge is -2.14. The number of hydrogen-bond acceptors (Lipinski definition) is 3. The second kappa shape index (κ2) is 5.48. The van der Waals surface area contributed by atoms with Gasteiger partial charge in [0.05, 0.1) is 0 Å². The molecule has 0 atom stereocenters. The minimum atomic E-state index is -0.892. The van der Waals surface area contributed by atoms with Gasteiger partial charge in [0.25, 0.3) is 0 Å². The zero-order valence-electron chi connectivity index (χ0n) is 11.3. The summed E-state index contributed by atoms with van der Waals surface area (Å²) in [4.78, 5) is 6.12. The molecular formula is C14H17F2N3. The molecule has 0 saturated heterocycles. The molecule has 102 valence electrons. The van der Waals surface area contributed by atoms with Gasteiger partial charge >= 0.3 is 0 Å². The largest absolute Gasteiger partial charge is 0.383 e. The van der Waals surface area contributed by atoms with Crippen molar-refractivity contribution in [1.29, 1.82) is 0 Å². The molecule has 5 heteroatoms. The van der Waals surface area contributed by atoms with Crippen LogP contribution in [0, 0.1) is 18.6 Å². The maximum absolute atomic E-state index is 13.7. The normalized spacial score (nSPS) is 11.3. The third-order valence-electron chi connectivity index (χ3n) is 2.88. The van der Waals surface area contributed by atoms with Crippen molar-refractivity contribution in [2.75, 3.05) is 32.5 Å². The molecule has 1 aromatic carbocycles. The lowest BCUT2D eigenvalue weighted by atomic mass is 10.1. The molecule has 0 amide bonds. The fourth-order valence-corrected chi connectivity index (χ4v) is 1.92. The SMILES string of the molecule is Cc1cc(NCCN(C)C)c2ccc(F)c(F)c2n1. The van der Waals surface area contributed by atoms with E-state index in [0.29, 0.717) is 11.1 Å². The molecular weight excluding hydrogens is 248 g/mol. The Labute approximate surface area is 111 Å². The van der Waals surface area contributed by atoms with Crippen LogP contribution in [0.4, 0.5) is 14.5 Å². The summed E-state index contributed by atoms with van der Waals surface area (Å²) in [6.45, 7) is 3.35. The Balaban J connectivity index is 2.40. The average Bonchev–Trinajstić information content (AvgIpc) is 2.34. The number of hydrogen-bond donors (Lipinski definition) is 1. The molecule has 0 saturated carbocycles. The van der Waals surface area contributed by atoms with Crippen LogP contribution in [0.15, 0.2) is 18.2 Å². The third-order valence-corrected chi connectivity index (χ3v) is 2.88. The Kier molecular flexibility index (Phi) is 3.95. The molecule has 0 fully saturated rings. The van der Waals surface area contributed by atoms with E-state index in [4.69, 9.17) is 0 Å². The molecule has 1 aromatic heterocycles. The van der Waals surface area contributed by atoms with Crippen molar-refractivity contribution in [1.82, 2.24) is 9.88 Å². The van der Waals surface area contributed by atoms with Gasteiger partial charge in [-0.15, -0.1) is 0 Å². The number of aromatic nitrogens is 1. The minimum Gasteiger partial charge on any atom is -0.383 e. The number of aryl methyl sites for hydroxylation is 1. The number of benzene rings is 1. The molecule has 0 spiro atoms. The van der Waals surface area contributed by atoms with E-state index in [-0.39, 0.29) is 5.52 Å². The number of likely N-dealkylation sites (N-methyl/N-ethyl adjacent to an activating group) is 1. The molecule has 0 aliphatic rings. The van der Waals surface area contributed by atoms with Crippen molar-refractivity contribution >= 4 is 16.6 Å². The van der Waals surface area contributed by atoms with Gasteiger partial charge in [-0.2, -0.15) is 0 Å². The van der Waals surface area contributed by atoms with Crippen LogP contribution in [0.3, 0.4) is 0 Å². The Hall–Kier alpha value is -1.75. The standard InChI is InChI=1S/C14H17F2N3/c1-9-8-12(17-6-7-19(2)3)10-4-5-11(15)13(16)14(10)18-9/h4-5,8H,6-7H2,1-3H3,(H,17,18). The molecule has 0 radical (unpaired) electrons. The number of pyridine rings is 1. The highest BCUT2D eigenvalue weighted by Gasteiger charge is 2.12. The van der Waals surface area contributed by atoms with Gasteiger partial charge in [-0.25, -0.2) is 13.8 Å². The molecule has 0 bridgehead atoms. The Bertz CT molecular complexity index is 597. The number of rotatable bonds is 4. The van der Waals surface area contributed by atoms with Crippen LogP contribution < -0.4 is 5.32 Å². The van der Waals surface area contributed by atoms with Crippen molar-refractivity contribution in [2.24, 2.45) is 0 Å². The van der Waals surface area contributed by atoms with Crippen molar-refractivity contribution in [3.05, 3.63) is 35.5 Å². The molecule has 1 N–H and O–H groups in total. The topological polar surface area (TPSA) is 28.2 Å². The summed E-state index contributed by atoms with van der Waals surface area (Å²) >= 11 is 0. The monoisotopic (exact) mass is 265 g/mol. The van der Waals surface area contributed by atoms with Crippen LogP contribution in [0.1, 0.15) is 5.69 Å². The Morgan fingerprint density at radius 3 is 2.68 bits per heavy atom. The highest BCUT2D eigenvalue weighted by Crippen LogP contribution is 2.26. The van der Waals surface area contributed by atoms with E-state index < -0.39 is 11.6 Å². The molecule has 1 heterocycles. The summed E-state index contributed by atoms with van der Waals surface area (Å²) in [6, 6.07) is 4.53. The molecule has 19 heavy (non-hydrogen) atoms. The summed E-state index contributed by atoms with van der Waals surface area (Å²) in [5.74, 6) is -1.76. The first kappa shape index (κ1) is 13.7. The number of nitrogens with zero attached hydrogens (tertiary/aromatic N) is 2. The maximum Gasteiger partial charge on any atom is 0.185 e. The van der Waals surface area contributed by atoms with Gasteiger partial charge < -0.3 is 10.2 Å². The van der Waals surface area contributed by atoms with Gasteiger partial charge in [0, 0.05) is 29.9 Å². The van der Waals surface area contributed by atoms with Gasteiger partial charge in [0.2, 0.25) is 0 Å². The summed E-state index contributed by atoms with van der Waals surface area (Å²) in [5, 5.41) is 3.84. The predicted molar refractivity (Wildman–Crippen MR) is 73.4 cm³/mol. The summed E-state index contributed by atoms with van der Waals surface area (Å²) in [7, 11) is 3.96. The van der Waals surface area contributed by atoms with E-state index in [1.807, 2.05) is 25.1 Å². The van der Waals surface area contributed by atoms with Crippen molar-refractivity contribution in [3.63, 3.8) is 0 Å². The van der Waals surface area contributed by atoms with E-state index in [9.17, 15) is 8.78 Å². The van der Waals surface area contributed by atoms with E-state index in [0.717, 1.165) is 24.8 Å². The van der Waals surface area contributed by atoms with Crippen LogP contribution in [-0.2, 0) is 0 Å². The second-order valence-electron chi connectivity index (χ2n) is 4.80. The highest BCUT2D eigenvalue weighted by molar-refractivity contribution is 5.91. The van der Waals surface area contributed by atoms with E-state index in [1.165, 1.54) is 0 Å². The second-order valence-corrected chi connectivity index (χ2v) is 4.80. The van der Waals surface area contributed by atoms with Crippen LogP contribution in [0.5, 0.6) is 0 Å². The Morgan fingerprint density at radius 2 is 2.00 bits per heavy atom. The molecule has 2 aromatic rings. The number of nitrogens with one attached hydrogen (secondary N) is 1. The molecule has 0 unspecified atom stereocenters. The van der Waals surface area contributed by atoms with Gasteiger partial charge in [0.15, 0.2) is 11.6 Å². The lowest BCUT2D eigenvalue weighted by molar-refractivity contribution is 0.425. The van der Waals surface area contributed by atoms with Gasteiger partial charge in [0.1, 0.15) is 5.52 Å². The van der Waals surface area contributed by atoms with Crippen LogP contribution in [-0.4, -0.2) is 37.1 Å². The van der Waals surface area contributed by atoms with Gasteiger partial charge in [-0.3, -0.25) is 0 Å². The van der Waals surface area contributed by atoms with E-state index in [1.54, 1.807) is 13.0 Å². The number of halogens is 2. The first-order valence-electron chi connectivity index (χ1n) is 6.13. The van der Waals surface area contributed by atoms with E-state index in [2.05, 4.69) is 10.3 Å². The van der Waals surface area contributed by atoms with Crippen LogP contribution >= 0.6 is 0 Å². The molecule has 2 rings (SSSR count). The van der Waals surface area contributed by atoms with Gasteiger partial charge in [-0.05, 0) is 39.2 Å². The first-order chi connectivity index (χ1) is 8.99. The van der Waals surface area contributed by atoms with Crippen LogP contribution in [0.2, 0.25) is 0 Å². The fraction of sp³-hybridized carbons (Fsp3) is 0.357. The smallest absolute Gasteiger partial charge is 0.185 e. The predicted octanol–water partition coefficient (Wildman–Crippen LogP) is 2.79. The average molecular weight is 265 g/mol. The number of fused-ring (bicyclic) bond motifs is 1. The van der Waals surface area contributed by atoms with E-state index >= 15 is 0 Å². The first-order valence-corrected chi connectivity index (χ1v) is 6.13. The molecule has 0 aliphatic carbocycles. The highest BCUT2D eigenvalue weighted by atomic mass is 19.2. The lowest BCUT2D eigenvalue weighted by Crippen LogP contribution is -2.21. The number of anilines is 1. The molecule has 0 aliphatic heterocycles. The zero-order chi connectivity index (χ0) is 14.0. The summed E-state index contributed by atoms with van der Waals surface area (Å²) < 4.78 is 27.0. The fourth-order valence-electron chi connectivity index (χ4n) is 1.92. The third kappa shape index (κ3) is 2.98. The summed E-state index contributed by atoms with van der Waals surface area (Å²) in [6.07, 6.45) is 0. The zero-order valence-corrected chi connectivity index (χ0v) is 11.3. The molecule has 3 nitrogen and oxygen atoms in total. The summed E-state index contributed by atoms with van der Waals surface area (Å²) in [5.41, 5.74) is 1.51. The maximum atomic E-state index is 13.7.